The molecule has 0 unspecified atom stereocenters. The minimum atomic E-state index is 0.0341. The molecule has 0 bridgehead atoms. The molecule has 0 aliphatic heterocycles. The van der Waals surface area contributed by atoms with Crippen LogP contribution in [0.3, 0.4) is 0 Å². The van der Waals surface area contributed by atoms with Gasteiger partial charge in [0.15, 0.2) is 0 Å². The lowest BCUT2D eigenvalue weighted by molar-refractivity contribution is 0.466. The molecule has 1 atom stereocenters. The fourth-order valence-electron chi connectivity index (χ4n) is 2.44. The number of hydrogen-bond acceptors (Lipinski definition) is 1. The summed E-state index contributed by atoms with van der Waals surface area (Å²) >= 11 is 0. The van der Waals surface area contributed by atoms with Gasteiger partial charge in [-0.1, -0.05) is 42.5 Å². The summed E-state index contributed by atoms with van der Waals surface area (Å²) in [6.07, 6.45) is 1.88. The minimum Gasteiger partial charge on any atom is -0.508 e. The highest BCUT2D eigenvalue weighted by Crippen LogP contribution is 2.35. The van der Waals surface area contributed by atoms with E-state index < -0.39 is 0 Å². The Morgan fingerprint density at radius 2 is 1.78 bits per heavy atom. The predicted molar refractivity (Wildman–Crippen MR) is 76.1 cm³/mol. The summed E-state index contributed by atoms with van der Waals surface area (Å²) in [5.74, 6) is 0.382. The monoisotopic (exact) mass is 238 g/mol. The van der Waals surface area contributed by atoms with Crippen LogP contribution in [0.5, 0.6) is 5.75 Å². The van der Waals surface area contributed by atoms with Gasteiger partial charge in [0.1, 0.15) is 5.75 Å². The van der Waals surface area contributed by atoms with E-state index in [2.05, 4.69) is 24.8 Å². The molecule has 2 aromatic rings. The van der Waals surface area contributed by atoms with Crippen molar-refractivity contribution in [1.82, 2.24) is 0 Å². The van der Waals surface area contributed by atoms with Gasteiger partial charge in [-0.3, -0.25) is 0 Å². The van der Waals surface area contributed by atoms with Gasteiger partial charge >= 0.3 is 0 Å². The standard InChI is InChI=1S/C17H18O/c1-4-15(14-8-6-5-7-9-14)17-13(3)10-12(2)11-16(17)18/h4-11,15,18H,1H2,2-3H3/t15-/m0/s1. The van der Waals surface area contributed by atoms with Crippen molar-refractivity contribution in [3.8, 4) is 5.75 Å². The molecule has 1 nitrogen and oxygen atoms in total. The van der Waals surface area contributed by atoms with Gasteiger partial charge in [-0.15, -0.1) is 6.58 Å². The van der Waals surface area contributed by atoms with E-state index in [0.29, 0.717) is 5.75 Å². The average Bonchev–Trinajstić information content (AvgIpc) is 2.34. The number of phenols is 1. The molecule has 18 heavy (non-hydrogen) atoms. The second-order valence-electron chi connectivity index (χ2n) is 4.64. The predicted octanol–water partition coefficient (Wildman–Crippen LogP) is 4.33. The van der Waals surface area contributed by atoms with Gasteiger partial charge in [0.2, 0.25) is 0 Å². The van der Waals surface area contributed by atoms with Gasteiger partial charge < -0.3 is 5.11 Å². The lowest BCUT2D eigenvalue weighted by Gasteiger charge is -2.18. The third-order valence-electron chi connectivity index (χ3n) is 3.21. The smallest absolute Gasteiger partial charge is 0.120 e. The van der Waals surface area contributed by atoms with Gasteiger partial charge in [0.25, 0.3) is 0 Å². The van der Waals surface area contributed by atoms with Crippen LogP contribution in [-0.2, 0) is 0 Å². The molecule has 0 radical (unpaired) electrons. The van der Waals surface area contributed by atoms with Crippen molar-refractivity contribution in [2.24, 2.45) is 0 Å². The molecule has 2 aromatic carbocycles. The normalized spacial score (nSPS) is 12.1. The molecule has 0 saturated heterocycles. The maximum atomic E-state index is 10.2. The molecule has 0 spiro atoms. The largest absolute Gasteiger partial charge is 0.508 e. The Kier molecular flexibility index (Phi) is 3.52. The second kappa shape index (κ2) is 5.09. The molecular formula is C17H18O. The van der Waals surface area contributed by atoms with Gasteiger partial charge in [-0.2, -0.15) is 0 Å². The van der Waals surface area contributed by atoms with Gasteiger partial charge in [0, 0.05) is 11.5 Å². The summed E-state index contributed by atoms with van der Waals surface area (Å²) in [6.45, 7) is 7.92. The summed E-state index contributed by atoms with van der Waals surface area (Å²) in [7, 11) is 0. The van der Waals surface area contributed by atoms with E-state index in [9.17, 15) is 5.11 Å². The fourth-order valence-corrected chi connectivity index (χ4v) is 2.44. The summed E-state index contributed by atoms with van der Waals surface area (Å²) < 4.78 is 0. The maximum Gasteiger partial charge on any atom is 0.120 e. The van der Waals surface area contributed by atoms with Crippen LogP contribution in [0.25, 0.3) is 0 Å². The molecular weight excluding hydrogens is 220 g/mol. The summed E-state index contributed by atoms with van der Waals surface area (Å²) in [5, 5.41) is 10.2. The highest BCUT2D eigenvalue weighted by atomic mass is 16.3. The minimum absolute atomic E-state index is 0.0341. The first-order chi connectivity index (χ1) is 8.63. The SMILES string of the molecule is C=C[C@@H](c1ccccc1)c1c(C)cc(C)cc1O. The quantitative estimate of drug-likeness (QED) is 0.789. The van der Waals surface area contributed by atoms with Gasteiger partial charge in [-0.05, 0) is 36.6 Å². The Labute approximate surface area is 108 Å². The zero-order valence-electron chi connectivity index (χ0n) is 10.9. The van der Waals surface area contributed by atoms with Crippen LogP contribution >= 0.6 is 0 Å². The first-order valence-electron chi connectivity index (χ1n) is 6.11. The molecule has 1 N–H and O–H groups in total. The molecule has 92 valence electrons. The highest BCUT2D eigenvalue weighted by Gasteiger charge is 2.16. The zero-order chi connectivity index (χ0) is 13.1. The van der Waals surface area contributed by atoms with E-state index in [-0.39, 0.29) is 5.92 Å². The van der Waals surface area contributed by atoms with Gasteiger partial charge in [0.05, 0.1) is 0 Å². The topological polar surface area (TPSA) is 20.2 Å². The molecule has 0 aromatic heterocycles. The van der Waals surface area contributed by atoms with E-state index in [1.165, 1.54) is 0 Å². The third-order valence-corrected chi connectivity index (χ3v) is 3.21. The third kappa shape index (κ3) is 2.30. The van der Waals surface area contributed by atoms with Crippen molar-refractivity contribution >= 4 is 0 Å². The van der Waals surface area contributed by atoms with E-state index in [1.54, 1.807) is 0 Å². The second-order valence-corrected chi connectivity index (χ2v) is 4.64. The van der Waals surface area contributed by atoms with Crippen LogP contribution in [0.2, 0.25) is 0 Å². The summed E-state index contributed by atoms with van der Waals surface area (Å²) in [4.78, 5) is 0. The number of rotatable bonds is 3. The van der Waals surface area contributed by atoms with E-state index in [1.807, 2.05) is 44.2 Å². The van der Waals surface area contributed by atoms with Gasteiger partial charge in [-0.25, -0.2) is 0 Å². The Morgan fingerprint density at radius 3 is 2.33 bits per heavy atom. The summed E-state index contributed by atoms with van der Waals surface area (Å²) in [5.41, 5.74) is 4.27. The van der Waals surface area contributed by atoms with Crippen LogP contribution in [0.15, 0.2) is 55.1 Å². The van der Waals surface area contributed by atoms with Crippen molar-refractivity contribution < 1.29 is 5.11 Å². The van der Waals surface area contributed by atoms with Crippen LogP contribution < -0.4 is 0 Å². The molecule has 0 aliphatic carbocycles. The van der Waals surface area contributed by atoms with Crippen LogP contribution in [0.4, 0.5) is 0 Å². The number of allylic oxidation sites excluding steroid dienone is 1. The van der Waals surface area contributed by atoms with Crippen LogP contribution in [-0.4, -0.2) is 5.11 Å². The lowest BCUT2D eigenvalue weighted by atomic mass is 9.87. The molecule has 2 rings (SSSR count). The number of aromatic hydroxyl groups is 1. The van der Waals surface area contributed by atoms with E-state index in [4.69, 9.17) is 0 Å². The first-order valence-corrected chi connectivity index (χ1v) is 6.11. The average molecular weight is 238 g/mol. The van der Waals surface area contributed by atoms with Crippen molar-refractivity contribution in [2.45, 2.75) is 19.8 Å². The van der Waals surface area contributed by atoms with Crippen molar-refractivity contribution in [3.63, 3.8) is 0 Å². The van der Waals surface area contributed by atoms with Crippen molar-refractivity contribution in [3.05, 3.63) is 77.4 Å². The fraction of sp³-hybridized carbons (Fsp3) is 0.176. The number of benzene rings is 2. The molecule has 0 amide bonds. The molecule has 1 heteroatoms. The number of aryl methyl sites for hydroxylation is 2. The summed E-state index contributed by atoms with van der Waals surface area (Å²) in [6, 6.07) is 14.0. The van der Waals surface area contributed by atoms with E-state index >= 15 is 0 Å². The molecule has 0 aliphatic rings. The van der Waals surface area contributed by atoms with Crippen molar-refractivity contribution in [2.75, 3.05) is 0 Å². The zero-order valence-corrected chi connectivity index (χ0v) is 10.9. The van der Waals surface area contributed by atoms with Crippen LogP contribution in [0.1, 0.15) is 28.2 Å². The first kappa shape index (κ1) is 12.4. The Bertz CT molecular complexity index is 532. The molecule has 0 fully saturated rings. The molecule has 0 heterocycles. The maximum absolute atomic E-state index is 10.2. The van der Waals surface area contributed by atoms with E-state index in [0.717, 1.165) is 22.3 Å². The Hall–Kier alpha value is -2.02. The Morgan fingerprint density at radius 1 is 1.11 bits per heavy atom. The number of hydrogen-bond donors (Lipinski definition) is 1. The Balaban J connectivity index is 2.56. The van der Waals surface area contributed by atoms with Crippen molar-refractivity contribution in [1.29, 1.82) is 0 Å². The lowest BCUT2D eigenvalue weighted by Crippen LogP contribution is -2.01. The van der Waals surface area contributed by atoms with Crippen LogP contribution in [0, 0.1) is 13.8 Å². The molecule has 0 saturated carbocycles. The number of phenolic OH excluding ortho intramolecular Hbond substituents is 1. The highest BCUT2D eigenvalue weighted by molar-refractivity contribution is 5.50.